The van der Waals surface area contributed by atoms with E-state index in [0.717, 1.165) is 44.6 Å². The average Bonchev–Trinajstić information content (AvgIpc) is 3.00. The molecular formula is C32H35F3N4O3. The zero-order valence-electron chi connectivity index (χ0n) is 23.4. The van der Waals surface area contributed by atoms with Gasteiger partial charge in [0.25, 0.3) is 5.69 Å². The van der Waals surface area contributed by atoms with Crippen LogP contribution in [-0.2, 0) is 11.0 Å². The number of hydrogen-bond donors (Lipinski definition) is 1. The number of halogens is 3. The molecule has 2 aliphatic rings. The second-order valence-corrected chi connectivity index (χ2v) is 11.1. The number of nitrogens with one attached hydrogen (secondary N) is 1. The van der Waals surface area contributed by atoms with Gasteiger partial charge in [-0.2, -0.15) is 13.2 Å². The van der Waals surface area contributed by atoms with Gasteiger partial charge in [-0.05, 0) is 73.5 Å². The maximum atomic E-state index is 13.3. The Kier molecular flexibility index (Phi) is 9.11. The van der Waals surface area contributed by atoms with Gasteiger partial charge in [-0.25, -0.2) is 0 Å². The normalized spacial score (nSPS) is 17.3. The first-order chi connectivity index (χ1) is 20.2. The Labute approximate surface area is 243 Å². The molecule has 2 heterocycles. The van der Waals surface area contributed by atoms with E-state index >= 15 is 0 Å². The molecular weight excluding hydrogens is 545 g/mol. The number of alkyl halides is 3. The summed E-state index contributed by atoms with van der Waals surface area (Å²) in [5.74, 6) is 0.623. The number of nitro groups is 1. The molecule has 2 saturated heterocycles. The Hall–Kier alpha value is -3.92. The molecule has 3 aromatic rings. The van der Waals surface area contributed by atoms with Crippen LogP contribution in [0.3, 0.4) is 0 Å². The van der Waals surface area contributed by atoms with Crippen LogP contribution in [0.5, 0.6) is 0 Å². The van der Waals surface area contributed by atoms with Crippen LogP contribution < -0.4 is 5.32 Å². The van der Waals surface area contributed by atoms with Crippen molar-refractivity contribution in [3.05, 3.63) is 94.0 Å². The fourth-order valence-electron chi connectivity index (χ4n) is 6.00. The van der Waals surface area contributed by atoms with Gasteiger partial charge in [0, 0.05) is 43.9 Å². The second-order valence-electron chi connectivity index (χ2n) is 11.1. The Balaban J connectivity index is 1.04. The number of rotatable bonds is 8. The highest BCUT2D eigenvalue weighted by molar-refractivity contribution is 5.76. The van der Waals surface area contributed by atoms with Crippen LogP contribution in [0, 0.1) is 10.1 Å². The minimum absolute atomic E-state index is 0.0989. The van der Waals surface area contributed by atoms with Gasteiger partial charge in [-0.1, -0.05) is 54.6 Å². The van der Waals surface area contributed by atoms with Crippen molar-refractivity contribution >= 4 is 17.3 Å². The number of anilines is 1. The monoisotopic (exact) mass is 580 g/mol. The molecule has 2 fully saturated rings. The first kappa shape index (κ1) is 29.6. The minimum Gasteiger partial charge on any atom is -0.382 e. The van der Waals surface area contributed by atoms with Gasteiger partial charge in [-0.15, -0.1) is 0 Å². The zero-order chi connectivity index (χ0) is 29.7. The van der Waals surface area contributed by atoms with Crippen LogP contribution in [0.25, 0.3) is 11.1 Å². The molecule has 222 valence electrons. The molecule has 0 atom stereocenters. The highest BCUT2D eigenvalue weighted by Crippen LogP contribution is 2.38. The van der Waals surface area contributed by atoms with Crippen LogP contribution in [0.1, 0.15) is 49.1 Å². The highest BCUT2D eigenvalue weighted by atomic mass is 19.4. The fraction of sp³-hybridized carbons (Fsp3) is 0.406. The van der Waals surface area contributed by atoms with Gasteiger partial charge in [-0.3, -0.25) is 14.9 Å². The maximum Gasteiger partial charge on any atom is 0.423 e. The third kappa shape index (κ3) is 7.28. The molecule has 42 heavy (non-hydrogen) atoms. The number of carbonyl (C=O) groups excluding carboxylic acids is 1. The molecule has 0 saturated carbocycles. The predicted octanol–water partition coefficient (Wildman–Crippen LogP) is 6.95. The molecule has 0 radical (unpaired) electrons. The van der Waals surface area contributed by atoms with Gasteiger partial charge in [0.05, 0.1) is 4.92 Å². The van der Waals surface area contributed by atoms with E-state index in [2.05, 4.69) is 46.6 Å². The average molecular weight is 581 g/mol. The number of nitrogens with zero attached hydrogens (tertiary/aromatic N) is 3. The number of nitro benzene ring substituents is 1. The van der Waals surface area contributed by atoms with Crippen molar-refractivity contribution < 1.29 is 22.9 Å². The van der Waals surface area contributed by atoms with Gasteiger partial charge >= 0.3 is 6.18 Å². The van der Waals surface area contributed by atoms with E-state index in [1.165, 1.54) is 22.8 Å². The molecule has 0 aromatic heterocycles. The van der Waals surface area contributed by atoms with Crippen LogP contribution in [0.4, 0.5) is 24.5 Å². The zero-order valence-corrected chi connectivity index (χ0v) is 23.4. The lowest BCUT2D eigenvalue weighted by molar-refractivity contribution is -0.388. The van der Waals surface area contributed by atoms with Crippen molar-refractivity contribution in [2.24, 2.45) is 0 Å². The lowest BCUT2D eigenvalue weighted by Gasteiger charge is -2.35. The molecule has 7 nitrogen and oxygen atoms in total. The maximum absolute atomic E-state index is 13.3. The molecule has 0 unspecified atom stereocenters. The Morgan fingerprint density at radius 1 is 0.881 bits per heavy atom. The summed E-state index contributed by atoms with van der Waals surface area (Å²) in [6.07, 6.45) is -1.05. The second kappa shape index (κ2) is 12.9. The van der Waals surface area contributed by atoms with Crippen molar-refractivity contribution in [1.29, 1.82) is 0 Å². The molecule has 1 amide bonds. The van der Waals surface area contributed by atoms with Crippen molar-refractivity contribution in [3.8, 4) is 11.1 Å². The van der Waals surface area contributed by atoms with Crippen molar-refractivity contribution in [3.63, 3.8) is 0 Å². The summed E-state index contributed by atoms with van der Waals surface area (Å²) < 4.78 is 39.9. The topological polar surface area (TPSA) is 78.7 Å². The van der Waals surface area contributed by atoms with E-state index < -0.39 is 22.4 Å². The highest BCUT2D eigenvalue weighted by Gasteiger charge is 2.38. The predicted molar refractivity (Wildman–Crippen MR) is 156 cm³/mol. The summed E-state index contributed by atoms with van der Waals surface area (Å²) in [6.45, 7) is 3.69. The third-order valence-corrected chi connectivity index (χ3v) is 8.44. The van der Waals surface area contributed by atoms with Crippen molar-refractivity contribution in [2.45, 2.75) is 50.2 Å². The van der Waals surface area contributed by atoms with E-state index in [9.17, 15) is 28.1 Å². The van der Waals surface area contributed by atoms with Crippen LogP contribution in [0.2, 0.25) is 0 Å². The largest absolute Gasteiger partial charge is 0.423 e. The third-order valence-electron chi connectivity index (χ3n) is 8.44. The van der Waals surface area contributed by atoms with E-state index in [1.807, 2.05) is 23.1 Å². The smallest absolute Gasteiger partial charge is 0.382 e. The van der Waals surface area contributed by atoms with Crippen LogP contribution in [-0.4, -0.2) is 59.4 Å². The summed E-state index contributed by atoms with van der Waals surface area (Å²) >= 11 is 0. The van der Waals surface area contributed by atoms with E-state index in [-0.39, 0.29) is 17.6 Å². The lowest BCUT2D eigenvalue weighted by atomic mass is 9.88. The summed E-state index contributed by atoms with van der Waals surface area (Å²) in [6, 6.07) is 22.1. The van der Waals surface area contributed by atoms with Crippen LogP contribution >= 0.6 is 0 Å². The quantitative estimate of drug-likeness (QED) is 0.230. The van der Waals surface area contributed by atoms with Gasteiger partial charge in [0.2, 0.25) is 5.91 Å². The van der Waals surface area contributed by atoms with Crippen molar-refractivity contribution in [2.75, 3.05) is 38.0 Å². The first-order valence-corrected chi connectivity index (χ1v) is 14.4. The Morgan fingerprint density at radius 2 is 1.52 bits per heavy atom. The molecule has 2 aliphatic heterocycles. The molecule has 5 rings (SSSR count). The van der Waals surface area contributed by atoms with E-state index in [1.54, 1.807) is 0 Å². The van der Waals surface area contributed by atoms with Gasteiger partial charge < -0.3 is 15.1 Å². The molecule has 0 bridgehead atoms. The summed E-state index contributed by atoms with van der Waals surface area (Å²) in [5.41, 5.74) is 1.76. The van der Waals surface area contributed by atoms with Gasteiger partial charge in [0.1, 0.15) is 5.56 Å². The van der Waals surface area contributed by atoms with E-state index in [4.69, 9.17) is 0 Å². The van der Waals surface area contributed by atoms with Crippen molar-refractivity contribution in [1.82, 2.24) is 9.80 Å². The molecule has 0 aliphatic carbocycles. The molecule has 0 spiro atoms. The summed E-state index contributed by atoms with van der Waals surface area (Å²) in [4.78, 5) is 27.0. The summed E-state index contributed by atoms with van der Waals surface area (Å²) in [7, 11) is 0. The lowest BCUT2D eigenvalue weighted by Crippen LogP contribution is -2.43. The minimum atomic E-state index is -4.82. The number of amides is 1. The fourth-order valence-corrected chi connectivity index (χ4v) is 6.00. The number of likely N-dealkylation sites (tertiary alicyclic amines) is 2. The van der Waals surface area contributed by atoms with Crippen LogP contribution in [0.15, 0.2) is 72.8 Å². The number of carbonyl (C=O) groups is 1. The number of piperidine rings is 2. The first-order valence-electron chi connectivity index (χ1n) is 14.4. The number of hydrogen-bond acceptors (Lipinski definition) is 5. The summed E-state index contributed by atoms with van der Waals surface area (Å²) in [5, 5.41) is 14.1. The molecule has 1 N–H and O–H groups in total. The Morgan fingerprint density at radius 3 is 2.14 bits per heavy atom. The number of benzene rings is 3. The van der Waals surface area contributed by atoms with Gasteiger partial charge in [0.15, 0.2) is 0 Å². The molecule has 10 heteroatoms. The standard InChI is InChI=1S/C32H35F3N4O3/c33-32(34,35)29-22-28(10-11-30(29)39(41)42)36-27-14-20-38(21-15-27)31(40)16-19-37-17-12-26(13-18-37)25-8-6-24(7-9-25)23-4-2-1-3-5-23/h1-11,22,26-27,36H,12-21H2. The SMILES string of the molecule is O=C(CCN1CCC(c2ccc(-c3ccccc3)cc2)CC1)N1CCC(Nc2ccc([N+](=O)[O-])c(C(F)(F)F)c2)CC1. The molecule has 3 aromatic carbocycles. The van der Waals surface area contributed by atoms with E-state index in [0.29, 0.717) is 38.3 Å². The Bertz CT molecular complexity index is 1370.